The lowest BCUT2D eigenvalue weighted by molar-refractivity contribution is -0.889. The van der Waals surface area contributed by atoms with Gasteiger partial charge in [-0.25, -0.2) is 0 Å². The Balaban J connectivity index is 3.96. The summed E-state index contributed by atoms with van der Waals surface area (Å²) in [7, 11) is 4.37. The van der Waals surface area contributed by atoms with Crippen molar-refractivity contribution < 1.29 is 4.48 Å². The molecule has 0 aliphatic rings. The quantitative estimate of drug-likeness (QED) is 0.241. The van der Waals surface area contributed by atoms with Gasteiger partial charge in [0.05, 0.1) is 14.1 Å². The average molecular weight is 266 g/mol. The molecule has 1 atom stereocenters. The van der Waals surface area contributed by atoms with Crippen LogP contribution in [0.2, 0.25) is 0 Å². The van der Waals surface area contributed by atoms with E-state index in [0.717, 1.165) is 11.0 Å². The Bertz CT molecular complexity index is 146. The third kappa shape index (κ3) is 3.97. The summed E-state index contributed by atoms with van der Waals surface area (Å²) >= 11 is 2.48. The maximum Gasteiger partial charge on any atom is 0.141 e. The molecule has 0 aromatic rings. The SMILES string of the molecule is C#CC[N+](C)(C)C(I)CCC. The summed E-state index contributed by atoms with van der Waals surface area (Å²) in [6, 6.07) is 0. The Labute approximate surface area is 83.9 Å². The summed E-state index contributed by atoms with van der Waals surface area (Å²) < 4.78 is 1.58. The Morgan fingerprint density at radius 3 is 2.45 bits per heavy atom. The van der Waals surface area contributed by atoms with Gasteiger partial charge in [-0.2, -0.15) is 0 Å². The molecule has 1 nitrogen and oxygen atoms in total. The molecule has 1 unspecified atom stereocenters. The molecule has 0 aromatic carbocycles. The van der Waals surface area contributed by atoms with Gasteiger partial charge in [0.2, 0.25) is 0 Å². The summed E-state index contributed by atoms with van der Waals surface area (Å²) in [4.78, 5) is 0. The minimum absolute atomic E-state index is 0.647. The van der Waals surface area contributed by atoms with Crippen LogP contribution in [0.25, 0.3) is 0 Å². The second-order valence-electron chi connectivity index (χ2n) is 3.36. The number of alkyl halides is 1. The number of hydrogen-bond acceptors (Lipinski definition) is 0. The first kappa shape index (κ1) is 11.2. The third-order valence-electron chi connectivity index (χ3n) is 1.78. The molecule has 0 aromatic heterocycles. The van der Waals surface area contributed by atoms with Crippen molar-refractivity contribution >= 4 is 22.6 Å². The highest BCUT2D eigenvalue weighted by Gasteiger charge is 2.22. The van der Waals surface area contributed by atoms with Gasteiger partial charge in [-0.3, -0.25) is 0 Å². The molecule has 0 aliphatic heterocycles. The van der Waals surface area contributed by atoms with Crippen LogP contribution in [0.15, 0.2) is 0 Å². The van der Waals surface area contributed by atoms with E-state index in [1.54, 1.807) is 0 Å². The first-order chi connectivity index (χ1) is 5.04. The zero-order chi connectivity index (χ0) is 8.91. The van der Waals surface area contributed by atoms with Crippen molar-refractivity contribution in [2.75, 3.05) is 20.6 Å². The fourth-order valence-electron chi connectivity index (χ4n) is 0.922. The van der Waals surface area contributed by atoms with E-state index in [4.69, 9.17) is 6.42 Å². The minimum Gasteiger partial charge on any atom is -0.308 e. The summed E-state index contributed by atoms with van der Waals surface area (Å²) in [5, 5.41) is 0. The van der Waals surface area contributed by atoms with E-state index < -0.39 is 0 Å². The van der Waals surface area contributed by atoms with Gasteiger partial charge in [-0.15, -0.1) is 6.42 Å². The number of nitrogens with zero attached hydrogens (tertiary/aromatic N) is 1. The number of terminal acetylenes is 1. The Kier molecular flexibility index (Phi) is 5.11. The van der Waals surface area contributed by atoms with E-state index in [9.17, 15) is 0 Å². The summed E-state index contributed by atoms with van der Waals surface area (Å²) in [5.41, 5.74) is 0. The second-order valence-corrected chi connectivity index (χ2v) is 4.80. The molecule has 0 amide bonds. The highest BCUT2D eigenvalue weighted by Crippen LogP contribution is 2.18. The standard InChI is InChI=1S/C9H17IN/c1-5-7-9(10)11(3,4)8-6-2/h2,9H,5,7-8H2,1,3-4H3/q+1. The van der Waals surface area contributed by atoms with Gasteiger partial charge in [-0.05, 0) is 34.9 Å². The van der Waals surface area contributed by atoms with Gasteiger partial charge in [0.25, 0.3) is 0 Å². The maximum atomic E-state index is 5.28. The number of hydrogen-bond donors (Lipinski definition) is 0. The van der Waals surface area contributed by atoms with Crippen molar-refractivity contribution in [3.8, 4) is 12.3 Å². The maximum absolute atomic E-state index is 5.28. The molecule has 0 saturated carbocycles. The van der Waals surface area contributed by atoms with Crippen molar-refractivity contribution in [1.29, 1.82) is 0 Å². The fraction of sp³-hybridized carbons (Fsp3) is 0.778. The lowest BCUT2D eigenvalue weighted by Crippen LogP contribution is -2.45. The number of quaternary nitrogens is 1. The topological polar surface area (TPSA) is 0 Å². The molecular formula is C9H17IN+. The lowest BCUT2D eigenvalue weighted by Gasteiger charge is -2.32. The predicted octanol–water partition coefficient (Wildman–Crippen LogP) is 2.26. The number of halogens is 1. The van der Waals surface area contributed by atoms with Gasteiger partial charge in [0.1, 0.15) is 10.6 Å². The van der Waals surface area contributed by atoms with E-state index in [1.165, 1.54) is 12.8 Å². The Morgan fingerprint density at radius 1 is 1.55 bits per heavy atom. The number of rotatable bonds is 4. The van der Waals surface area contributed by atoms with Crippen molar-refractivity contribution in [1.82, 2.24) is 0 Å². The summed E-state index contributed by atoms with van der Waals surface area (Å²) in [6.45, 7) is 3.04. The van der Waals surface area contributed by atoms with Gasteiger partial charge in [0, 0.05) is 6.42 Å². The molecule has 0 radical (unpaired) electrons. The molecule has 2 heteroatoms. The molecule has 0 bridgehead atoms. The first-order valence-corrected chi connectivity index (χ1v) is 5.19. The minimum atomic E-state index is 0.647. The van der Waals surface area contributed by atoms with Crippen LogP contribution in [0, 0.1) is 12.3 Å². The molecule has 0 rings (SSSR count). The zero-order valence-corrected chi connectivity index (χ0v) is 9.76. The summed E-state index contributed by atoms with van der Waals surface area (Å²) in [5.74, 6) is 2.71. The van der Waals surface area contributed by atoms with Crippen molar-refractivity contribution in [3.05, 3.63) is 0 Å². The van der Waals surface area contributed by atoms with Crippen LogP contribution < -0.4 is 0 Å². The molecule has 0 spiro atoms. The van der Waals surface area contributed by atoms with E-state index in [0.29, 0.717) is 4.05 Å². The molecule has 0 fully saturated rings. The highest BCUT2D eigenvalue weighted by molar-refractivity contribution is 14.1. The predicted molar refractivity (Wildman–Crippen MR) is 58.5 cm³/mol. The lowest BCUT2D eigenvalue weighted by atomic mass is 10.3. The normalized spacial score (nSPS) is 14.1. The van der Waals surface area contributed by atoms with Crippen LogP contribution in [0.3, 0.4) is 0 Å². The van der Waals surface area contributed by atoms with Gasteiger partial charge >= 0.3 is 0 Å². The van der Waals surface area contributed by atoms with E-state index in [1.807, 2.05) is 0 Å². The average Bonchev–Trinajstić information content (AvgIpc) is 1.88. The molecule has 0 N–H and O–H groups in total. The molecule has 11 heavy (non-hydrogen) atoms. The molecular weight excluding hydrogens is 249 g/mol. The van der Waals surface area contributed by atoms with E-state index in [2.05, 4.69) is 49.5 Å². The van der Waals surface area contributed by atoms with Crippen molar-refractivity contribution in [2.24, 2.45) is 0 Å². The van der Waals surface area contributed by atoms with Crippen molar-refractivity contribution in [3.63, 3.8) is 0 Å². The fourth-order valence-corrected chi connectivity index (χ4v) is 1.74. The van der Waals surface area contributed by atoms with Crippen LogP contribution in [-0.2, 0) is 0 Å². The smallest absolute Gasteiger partial charge is 0.141 e. The Morgan fingerprint density at radius 2 is 2.09 bits per heavy atom. The molecule has 0 heterocycles. The third-order valence-corrected chi connectivity index (χ3v) is 3.91. The first-order valence-electron chi connectivity index (χ1n) is 3.94. The van der Waals surface area contributed by atoms with Crippen LogP contribution in [0.4, 0.5) is 0 Å². The van der Waals surface area contributed by atoms with Crippen molar-refractivity contribution in [2.45, 2.75) is 23.8 Å². The molecule has 64 valence electrons. The van der Waals surface area contributed by atoms with Crippen LogP contribution in [0.5, 0.6) is 0 Å². The summed E-state index contributed by atoms with van der Waals surface area (Å²) in [6.07, 6.45) is 7.76. The van der Waals surface area contributed by atoms with Crippen LogP contribution in [-0.4, -0.2) is 29.2 Å². The zero-order valence-electron chi connectivity index (χ0n) is 7.60. The van der Waals surface area contributed by atoms with E-state index in [-0.39, 0.29) is 0 Å². The Hall–Kier alpha value is 0.250. The monoisotopic (exact) mass is 266 g/mol. The van der Waals surface area contributed by atoms with Gasteiger partial charge < -0.3 is 4.48 Å². The molecule has 0 saturated heterocycles. The van der Waals surface area contributed by atoms with Gasteiger partial charge in [-0.1, -0.05) is 6.92 Å². The van der Waals surface area contributed by atoms with Crippen LogP contribution >= 0.6 is 22.6 Å². The van der Waals surface area contributed by atoms with E-state index >= 15 is 0 Å². The highest BCUT2D eigenvalue weighted by atomic mass is 127. The molecule has 0 aliphatic carbocycles. The second kappa shape index (κ2) is 5.00. The largest absolute Gasteiger partial charge is 0.308 e. The van der Waals surface area contributed by atoms with Gasteiger partial charge in [0.15, 0.2) is 0 Å². The van der Waals surface area contributed by atoms with Crippen LogP contribution in [0.1, 0.15) is 19.8 Å².